The molecule has 0 amide bonds. The van der Waals surface area contributed by atoms with Crippen LogP contribution in [0.4, 0.5) is 0 Å². The molecule has 4 nitrogen and oxygen atoms in total. The Kier molecular flexibility index (Phi) is 3.85. The van der Waals surface area contributed by atoms with E-state index in [2.05, 4.69) is 24.3 Å². The first kappa shape index (κ1) is 12.3. The smallest absolute Gasteiger partial charge is 0.0439 e. The SMILES string of the molecule is CC1CCN(NC2(C)CCCN(N)C2)CC1. The van der Waals surface area contributed by atoms with Crippen molar-refractivity contribution in [2.45, 2.75) is 45.1 Å². The topological polar surface area (TPSA) is 44.5 Å². The quantitative estimate of drug-likeness (QED) is 0.688. The van der Waals surface area contributed by atoms with E-state index in [0.29, 0.717) is 0 Å². The summed E-state index contributed by atoms with van der Waals surface area (Å²) in [5, 5.41) is 4.35. The summed E-state index contributed by atoms with van der Waals surface area (Å²) in [7, 11) is 0. The zero-order valence-corrected chi connectivity index (χ0v) is 10.7. The average molecular weight is 226 g/mol. The summed E-state index contributed by atoms with van der Waals surface area (Å²) < 4.78 is 0. The van der Waals surface area contributed by atoms with E-state index >= 15 is 0 Å². The predicted octanol–water partition coefficient (Wildman–Crippen LogP) is 0.951. The minimum Gasteiger partial charge on any atom is -0.269 e. The van der Waals surface area contributed by atoms with Gasteiger partial charge in [0.05, 0.1) is 0 Å². The van der Waals surface area contributed by atoms with E-state index in [4.69, 9.17) is 5.84 Å². The number of piperidine rings is 2. The summed E-state index contributed by atoms with van der Waals surface area (Å²) in [6.07, 6.45) is 5.06. The summed E-state index contributed by atoms with van der Waals surface area (Å²) in [5.74, 6) is 6.80. The average Bonchev–Trinajstić information content (AvgIpc) is 2.21. The monoisotopic (exact) mass is 226 g/mol. The van der Waals surface area contributed by atoms with Crippen LogP contribution in [0.5, 0.6) is 0 Å². The van der Waals surface area contributed by atoms with Crippen LogP contribution in [0.25, 0.3) is 0 Å². The van der Waals surface area contributed by atoms with Gasteiger partial charge in [0.1, 0.15) is 0 Å². The van der Waals surface area contributed by atoms with E-state index in [-0.39, 0.29) is 5.54 Å². The van der Waals surface area contributed by atoms with E-state index in [1.54, 1.807) is 0 Å². The number of nitrogens with one attached hydrogen (secondary N) is 1. The van der Waals surface area contributed by atoms with Crippen LogP contribution in [0.15, 0.2) is 0 Å². The maximum absolute atomic E-state index is 5.91. The highest BCUT2D eigenvalue weighted by Gasteiger charge is 2.32. The minimum absolute atomic E-state index is 0.174. The van der Waals surface area contributed by atoms with Crippen molar-refractivity contribution in [1.29, 1.82) is 0 Å². The third kappa shape index (κ3) is 3.17. The summed E-state index contributed by atoms with van der Waals surface area (Å²) in [4.78, 5) is 0. The fraction of sp³-hybridized carbons (Fsp3) is 1.00. The predicted molar refractivity (Wildman–Crippen MR) is 66.5 cm³/mol. The molecule has 1 atom stereocenters. The van der Waals surface area contributed by atoms with Gasteiger partial charge in [-0.1, -0.05) is 6.92 Å². The third-order valence-corrected chi connectivity index (χ3v) is 3.94. The van der Waals surface area contributed by atoms with Gasteiger partial charge < -0.3 is 0 Å². The van der Waals surface area contributed by atoms with Crippen LogP contribution in [0, 0.1) is 5.92 Å². The molecule has 2 heterocycles. The Morgan fingerprint density at radius 1 is 1.25 bits per heavy atom. The van der Waals surface area contributed by atoms with Gasteiger partial charge in [0, 0.05) is 31.7 Å². The molecule has 0 spiro atoms. The van der Waals surface area contributed by atoms with Gasteiger partial charge in [-0.05, 0) is 38.5 Å². The van der Waals surface area contributed by atoms with Gasteiger partial charge in [-0.2, -0.15) is 0 Å². The number of hydrogen-bond donors (Lipinski definition) is 2. The Hall–Kier alpha value is -0.160. The second-order valence-electron chi connectivity index (χ2n) is 5.92. The molecule has 2 aliphatic heterocycles. The molecule has 4 heteroatoms. The highest BCUT2D eigenvalue weighted by Crippen LogP contribution is 2.21. The molecule has 2 fully saturated rings. The standard InChI is InChI=1S/C12H26N4/c1-11-4-8-16(9-5-11)14-12(2)6-3-7-15(13)10-12/h11,14H,3-10,13H2,1-2H3. The van der Waals surface area contributed by atoms with Gasteiger partial charge in [-0.15, -0.1) is 0 Å². The van der Waals surface area contributed by atoms with E-state index < -0.39 is 0 Å². The lowest BCUT2D eigenvalue weighted by molar-refractivity contribution is 0.0294. The second kappa shape index (κ2) is 5.00. The summed E-state index contributed by atoms with van der Waals surface area (Å²) >= 11 is 0. The van der Waals surface area contributed by atoms with E-state index in [1.165, 1.54) is 38.8 Å². The molecule has 94 valence electrons. The Morgan fingerprint density at radius 2 is 1.94 bits per heavy atom. The van der Waals surface area contributed by atoms with Crippen molar-refractivity contribution < 1.29 is 0 Å². The first-order chi connectivity index (χ1) is 7.57. The molecule has 0 bridgehead atoms. The summed E-state index contributed by atoms with van der Waals surface area (Å²) in [5.41, 5.74) is 3.87. The number of rotatable bonds is 2. The van der Waals surface area contributed by atoms with Crippen molar-refractivity contribution in [3.63, 3.8) is 0 Å². The summed E-state index contributed by atoms with van der Waals surface area (Å²) in [6, 6.07) is 0. The molecule has 16 heavy (non-hydrogen) atoms. The Balaban J connectivity index is 1.83. The number of hydrogen-bond acceptors (Lipinski definition) is 4. The molecule has 0 saturated carbocycles. The Morgan fingerprint density at radius 3 is 2.56 bits per heavy atom. The summed E-state index contributed by atoms with van der Waals surface area (Å²) in [6.45, 7) is 9.00. The third-order valence-electron chi connectivity index (χ3n) is 3.94. The van der Waals surface area contributed by atoms with Crippen molar-refractivity contribution in [2.75, 3.05) is 26.2 Å². The van der Waals surface area contributed by atoms with Crippen LogP contribution in [0.3, 0.4) is 0 Å². The van der Waals surface area contributed by atoms with Crippen LogP contribution in [-0.2, 0) is 0 Å². The van der Waals surface area contributed by atoms with E-state index in [0.717, 1.165) is 19.0 Å². The zero-order valence-electron chi connectivity index (χ0n) is 10.7. The zero-order chi connectivity index (χ0) is 11.6. The highest BCUT2D eigenvalue weighted by molar-refractivity contribution is 4.89. The van der Waals surface area contributed by atoms with Gasteiger partial charge in [-0.3, -0.25) is 5.84 Å². The van der Waals surface area contributed by atoms with Crippen LogP contribution in [0.1, 0.15) is 39.5 Å². The van der Waals surface area contributed by atoms with E-state index in [1.807, 2.05) is 5.01 Å². The maximum atomic E-state index is 5.91. The Labute approximate surface area is 99.1 Å². The van der Waals surface area contributed by atoms with Crippen molar-refractivity contribution in [1.82, 2.24) is 15.4 Å². The van der Waals surface area contributed by atoms with Crippen molar-refractivity contribution in [3.8, 4) is 0 Å². The molecule has 0 aliphatic carbocycles. The molecule has 0 aromatic heterocycles. The lowest BCUT2D eigenvalue weighted by Gasteiger charge is -2.44. The highest BCUT2D eigenvalue weighted by atomic mass is 15.5. The van der Waals surface area contributed by atoms with Crippen molar-refractivity contribution in [3.05, 3.63) is 0 Å². The van der Waals surface area contributed by atoms with Crippen LogP contribution in [-0.4, -0.2) is 41.7 Å². The fourth-order valence-electron chi connectivity index (χ4n) is 2.87. The molecule has 3 N–H and O–H groups in total. The number of hydrazine groups is 2. The minimum atomic E-state index is 0.174. The van der Waals surface area contributed by atoms with Gasteiger partial charge in [0.15, 0.2) is 0 Å². The maximum Gasteiger partial charge on any atom is 0.0439 e. The largest absolute Gasteiger partial charge is 0.269 e. The van der Waals surface area contributed by atoms with Crippen LogP contribution >= 0.6 is 0 Å². The molecule has 1 unspecified atom stereocenters. The van der Waals surface area contributed by atoms with Gasteiger partial charge >= 0.3 is 0 Å². The molecule has 2 rings (SSSR count). The fourth-order valence-corrected chi connectivity index (χ4v) is 2.87. The van der Waals surface area contributed by atoms with Crippen LogP contribution < -0.4 is 11.3 Å². The van der Waals surface area contributed by atoms with E-state index in [9.17, 15) is 0 Å². The number of nitrogens with two attached hydrogens (primary N) is 1. The van der Waals surface area contributed by atoms with Crippen molar-refractivity contribution >= 4 is 0 Å². The molecular formula is C12H26N4. The molecule has 0 radical (unpaired) electrons. The lowest BCUT2D eigenvalue weighted by atomic mass is 9.92. The second-order valence-corrected chi connectivity index (χ2v) is 5.92. The molecule has 2 aliphatic rings. The van der Waals surface area contributed by atoms with Gasteiger partial charge in [-0.25, -0.2) is 15.4 Å². The molecular weight excluding hydrogens is 200 g/mol. The lowest BCUT2D eigenvalue weighted by Crippen LogP contribution is -2.62. The van der Waals surface area contributed by atoms with Crippen molar-refractivity contribution in [2.24, 2.45) is 11.8 Å². The Bertz CT molecular complexity index is 225. The van der Waals surface area contributed by atoms with Gasteiger partial charge in [0.2, 0.25) is 0 Å². The normalized spacial score (nSPS) is 35.4. The van der Waals surface area contributed by atoms with Gasteiger partial charge in [0.25, 0.3) is 0 Å². The molecule has 0 aromatic carbocycles. The molecule has 0 aromatic rings. The first-order valence-corrected chi connectivity index (χ1v) is 6.60. The molecule has 2 saturated heterocycles. The van der Waals surface area contributed by atoms with Crippen LogP contribution in [0.2, 0.25) is 0 Å². The first-order valence-electron chi connectivity index (χ1n) is 6.60. The number of nitrogens with zero attached hydrogens (tertiary/aromatic N) is 2.